The molecular formula is C23H24FN5O4S. The van der Waals surface area contributed by atoms with Gasteiger partial charge in [-0.2, -0.15) is 18.2 Å². The monoisotopic (exact) mass is 485 g/mol. The van der Waals surface area contributed by atoms with Crippen molar-refractivity contribution >= 4 is 32.8 Å². The summed E-state index contributed by atoms with van der Waals surface area (Å²) >= 11 is 0. The molecule has 4 aromatic rings. The molecule has 0 aliphatic carbocycles. The van der Waals surface area contributed by atoms with Gasteiger partial charge in [0.15, 0.2) is 0 Å². The Morgan fingerprint density at radius 1 is 1.12 bits per heavy atom. The summed E-state index contributed by atoms with van der Waals surface area (Å²) in [6, 6.07) is 16.8. The zero-order chi connectivity index (χ0) is 24.9. The average Bonchev–Trinajstić information content (AvgIpc) is 3.22. The molecule has 0 unspecified atom stereocenters. The predicted octanol–water partition coefficient (Wildman–Crippen LogP) is 3.19. The van der Waals surface area contributed by atoms with Gasteiger partial charge in [0.2, 0.25) is 0 Å². The zero-order valence-corrected chi connectivity index (χ0v) is 19.3. The first kappa shape index (κ1) is 24.8. The highest BCUT2D eigenvalue weighted by atomic mass is 32.2. The van der Waals surface area contributed by atoms with E-state index < -0.39 is 16.2 Å². The molecule has 11 heteroatoms. The molecule has 0 saturated carbocycles. The highest BCUT2D eigenvalue weighted by molar-refractivity contribution is 7.87. The smallest absolute Gasteiger partial charge is 0.336 e. The summed E-state index contributed by atoms with van der Waals surface area (Å²) in [5, 5.41) is 21.8. The van der Waals surface area contributed by atoms with Crippen LogP contribution >= 0.6 is 0 Å². The number of halogens is 1. The Kier molecular flexibility index (Phi) is 7.61. The summed E-state index contributed by atoms with van der Waals surface area (Å²) in [5.74, 6) is -1.35. The van der Waals surface area contributed by atoms with Gasteiger partial charge in [0.25, 0.3) is 10.2 Å². The van der Waals surface area contributed by atoms with Crippen LogP contribution in [0.5, 0.6) is 0 Å². The van der Waals surface area contributed by atoms with E-state index in [1.54, 1.807) is 36.0 Å². The SMILES string of the molecule is CNc1cc(C(=O)O)c2cnn(-c3ccc(F)cc3)c2c1.Cc1ccc(CNS(N)(=O)=O)cc1. The lowest BCUT2D eigenvalue weighted by molar-refractivity contribution is 0.0699. The number of nitrogens with zero attached hydrogens (tertiary/aromatic N) is 2. The molecule has 5 N–H and O–H groups in total. The van der Waals surface area contributed by atoms with Crippen LogP contribution in [0.15, 0.2) is 66.9 Å². The number of aryl methyl sites for hydroxylation is 1. The molecule has 0 fully saturated rings. The lowest BCUT2D eigenvalue weighted by Crippen LogP contribution is -2.30. The van der Waals surface area contributed by atoms with E-state index in [0.29, 0.717) is 22.3 Å². The van der Waals surface area contributed by atoms with Crippen LogP contribution in [0.4, 0.5) is 10.1 Å². The van der Waals surface area contributed by atoms with Crippen LogP contribution in [0.3, 0.4) is 0 Å². The number of benzene rings is 3. The minimum Gasteiger partial charge on any atom is -0.478 e. The molecule has 3 aromatic carbocycles. The van der Waals surface area contributed by atoms with Crippen molar-refractivity contribution in [1.82, 2.24) is 14.5 Å². The van der Waals surface area contributed by atoms with E-state index in [1.807, 2.05) is 31.2 Å². The number of rotatable bonds is 6. The number of carbonyl (C=O) groups is 1. The first-order chi connectivity index (χ1) is 16.1. The molecule has 0 aliphatic rings. The first-order valence-electron chi connectivity index (χ1n) is 10.1. The van der Waals surface area contributed by atoms with Gasteiger partial charge >= 0.3 is 5.97 Å². The van der Waals surface area contributed by atoms with Crippen LogP contribution < -0.4 is 15.2 Å². The van der Waals surface area contributed by atoms with Crippen LogP contribution in [-0.4, -0.2) is 36.3 Å². The van der Waals surface area contributed by atoms with E-state index in [-0.39, 0.29) is 17.9 Å². The molecular weight excluding hydrogens is 461 g/mol. The number of aromatic nitrogens is 2. The molecule has 1 heterocycles. The van der Waals surface area contributed by atoms with Crippen molar-refractivity contribution in [2.75, 3.05) is 12.4 Å². The predicted molar refractivity (Wildman–Crippen MR) is 129 cm³/mol. The molecule has 9 nitrogen and oxygen atoms in total. The highest BCUT2D eigenvalue weighted by Gasteiger charge is 2.15. The molecule has 34 heavy (non-hydrogen) atoms. The summed E-state index contributed by atoms with van der Waals surface area (Å²) in [5.41, 5.74) is 4.18. The molecule has 0 amide bonds. The molecule has 0 atom stereocenters. The van der Waals surface area contributed by atoms with Crippen molar-refractivity contribution in [1.29, 1.82) is 0 Å². The molecule has 0 aliphatic heterocycles. The summed E-state index contributed by atoms with van der Waals surface area (Å²) in [6.07, 6.45) is 1.50. The summed E-state index contributed by atoms with van der Waals surface area (Å²) < 4.78 is 37.9. The molecule has 0 saturated heterocycles. The van der Waals surface area contributed by atoms with Crippen molar-refractivity contribution in [3.8, 4) is 5.69 Å². The van der Waals surface area contributed by atoms with Crippen molar-refractivity contribution in [2.24, 2.45) is 5.14 Å². The Labute approximate surface area is 196 Å². The zero-order valence-electron chi connectivity index (χ0n) is 18.5. The second-order valence-corrected chi connectivity index (χ2v) is 8.77. The minimum atomic E-state index is -3.58. The maximum atomic E-state index is 13.0. The third kappa shape index (κ3) is 6.38. The Hall–Kier alpha value is -3.80. The van der Waals surface area contributed by atoms with Crippen LogP contribution in [0.2, 0.25) is 0 Å². The number of aromatic carboxylic acids is 1. The van der Waals surface area contributed by atoms with Gasteiger partial charge in [0, 0.05) is 24.7 Å². The number of fused-ring (bicyclic) bond motifs is 1. The summed E-state index contributed by atoms with van der Waals surface area (Å²) in [7, 11) is -1.87. The Morgan fingerprint density at radius 2 is 1.76 bits per heavy atom. The molecule has 1 aromatic heterocycles. The van der Waals surface area contributed by atoms with Gasteiger partial charge in [-0.05, 0) is 48.9 Å². The van der Waals surface area contributed by atoms with Gasteiger partial charge in [-0.15, -0.1) is 0 Å². The maximum absolute atomic E-state index is 13.0. The summed E-state index contributed by atoms with van der Waals surface area (Å²) in [4.78, 5) is 11.4. The topological polar surface area (TPSA) is 139 Å². The number of carboxylic acid groups (broad SMARTS) is 1. The molecule has 0 radical (unpaired) electrons. The Balaban J connectivity index is 0.000000215. The summed E-state index contributed by atoms with van der Waals surface area (Å²) in [6.45, 7) is 2.20. The van der Waals surface area contributed by atoms with E-state index in [0.717, 1.165) is 11.1 Å². The number of anilines is 1. The molecule has 0 spiro atoms. The normalized spacial score (nSPS) is 11.1. The van der Waals surface area contributed by atoms with Crippen molar-refractivity contribution < 1.29 is 22.7 Å². The van der Waals surface area contributed by atoms with Crippen molar-refractivity contribution in [3.63, 3.8) is 0 Å². The quantitative estimate of drug-likeness (QED) is 0.331. The van der Waals surface area contributed by atoms with E-state index in [2.05, 4.69) is 15.1 Å². The Morgan fingerprint density at radius 3 is 2.32 bits per heavy atom. The van der Waals surface area contributed by atoms with E-state index in [9.17, 15) is 22.7 Å². The minimum absolute atomic E-state index is 0.171. The number of nitrogens with two attached hydrogens (primary N) is 1. The number of nitrogens with one attached hydrogen (secondary N) is 2. The van der Waals surface area contributed by atoms with E-state index in [1.165, 1.54) is 18.3 Å². The third-order valence-corrected chi connectivity index (χ3v) is 5.42. The second kappa shape index (κ2) is 10.4. The number of hydrogen-bond acceptors (Lipinski definition) is 5. The third-order valence-electron chi connectivity index (χ3n) is 4.88. The van der Waals surface area contributed by atoms with E-state index >= 15 is 0 Å². The number of carboxylic acids is 1. The Bertz CT molecular complexity index is 1400. The average molecular weight is 486 g/mol. The largest absolute Gasteiger partial charge is 0.478 e. The maximum Gasteiger partial charge on any atom is 0.336 e. The standard InChI is InChI=1S/C15H12FN3O2.C8H12N2O2S/c1-17-10-6-12(15(20)21)13-8-18-19(14(13)7-10)11-4-2-9(16)3-5-11;1-7-2-4-8(5-3-7)6-10-13(9,11)12/h2-8,17H,1H3,(H,20,21);2-5,10H,6H2,1H3,(H2,9,11,12). The fraction of sp³-hybridized carbons (Fsp3) is 0.130. The van der Waals surface area contributed by atoms with Crippen LogP contribution in [0, 0.1) is 12.7 Å². The fourth-order valence-corrected chi connectivity index (χ4v) is 3.49. The van der Waals surface area contributed by atoms with Gasteiger partial charge in [-0.25, -0.2) is 19.0 Å². The molecule has 4 rings (SSSR count). The lowest BCUT2D eigenvalue weighted by Gasteiger charge is -2.07. The van der Waals surface area contributed by atoms with Crippen LogP contribution in [-0.2, 0) is 16.8 Å². The van der Waals surface area contributed by atoms with Gasteiger partial charge in [-0.3, -0.25) is 0 Å². The number of hydrogen-bond donors (Lipinski definition) is 4. The van der Waals surface area contributed by atoms with Gasteiger partial charge in [0.1, 0.15) is 5.82 Å². The highest BCUT2D eigenvalue weighted by Crippen LogP contribution is 2.26. The fourth-order valence-electron chi connectivity index (χ4n) is 3.13. The van der Waals surface area contributed by atoms with Crippen LogP contribution in [0.25, 0.3) is 16.6 Å². The van der Waals surface area contributed by atoms with Crippen LogP contribution in [0.1, 0.15) is 21.5 Å². The van der Waals surface area contributed by atoms with E-state index in [4.69, 9.17) is 5.14 Å². The van der Waals surface area contributed by atoms with Gasteiger partial charge in [-0.1, -0.05) is 29.8 Å². The molecule has 178 valence electrons. The van der Waals surface area contributed by atoms with Crippen molar-refractivity contribution in [3.05, 3.63) is 89.4 Å². The lowest BCUT2D eigenvalue weighted by atomic mass is 10.1. The second-order valence-electron chi connectivity index (χ2n) is 7.40. The van der Waals surface area contributed by atoms with Crippen molar-refractivity contribution in [2.45, 2.75) is 13.5 Å². The van der Waals surface area contributed by atoms with Gasteiger partial charge in [0.05, 0.1) is 23.0 Å². The first-order valence-corrected chi connectivity index (χ1v) is 11.6. The molecule has 0 bridgehead atoms. The van der Waals surface area contributed by atoms with Gasteiger partial charge < -0.3 is 10.4 Å².